The van der Waals surface area contributed by atoms with Crippen molar-refractivity contribution in [3.8, 4) is 28.2 Å². The molecule has 0 spiro atoms. The highest BCUT2D eigenvalue weighted by Crippen LogP contribution is 2.48. The largest absolute Gasteiger partial charge is 0.507 e. The standard InChI is InChI=1S/C48H56N4O5S2/c1-9-58-21-19-51(25-35-15-11-13-17-49-35)27-39-44(53)29(3)23-37-43(41-33(7)31(5)32(6)34(8)42(41)48(55)56)38-24-30(4)45(54)40(47(38)57-46(37)39)28-52(20-22-59-10-2)26-36-16-12-14-18-50-36/h11-18,23-24,53H,9-10,19-22,25-28H2,1-8H3,(H,55,56). The van der Waals surface area contributed by atoms with Gasteiger partial charge >= 0.3 is 5.97 Å². The van der Waals surface area contributed by atoms with E-state index in [4.69, 9.17) is 4.42 Å². The van der Waals surface area contributed by atoms with Crippen molar-refractivity contribution in [2.45, 2.75) is 81.6 Å². The van der Waals surface area contributed by atoms with Crippen LogP contribution in [0.1, 0.15) is 80.1 Å². The number of nitrogens with zero attached hydrogens (tertiary/aromatic N) is 4. The van der Waals surface area contributed by atoms with Crippen molar-refractivity contribution >= 4 is 40.5 Å². The third-order valence-corrected chi connectivity index (χ3v) is 13.2. The van der Waals surface area contributed by atoms with E-state index >= 15 is 0 Å². The smallest absolute Gasteiger partial charge is 0.336 e. The first-order valence-electron chi connectivity index (χ1n) is 20.3. The average Bonchev–Trinajstić information content (AvgIpc) is 3.22. The molecule has 0 bridgehead atoms. The second-order valence-corrected chi connectivity index (χ2v) is 18.1. The fourth-order valence-electron chi connectivity index (χ4n) is 8.01. The van der Waals surface area contributed by atoms with Crippen LogP contribution in [-0.2, 0) is 26.2 Å². The molecular weight excluding hydrogens is 777 g/mol. The molecule has 0 fully saturated rings. The minimum absolute atomic E-state index is 0.108. The number of carbonyl (C=O) groups is 1. The number of hydrogen-bond donors (Lipinski definition) is 2. The fraction of sp³-hybridized carbons (Fsp3) is 0.375. The molecule has 6 rings (SSSR count). The van der Waals surface area contributed by atoms with Crippen LogP contribution in [0.2, 0.25) is 0 Å². The molecule has 0 atom stereocenters. The topological polar surface area (TPSA) is 120 Å². The van der Waals surface area contributed by atoms with Gasteiger partial charge < -0.3 is 14.6 Å². The Morgan fingerprint density at radius 2 is 1.27 bits per heavy atom. The summed E-state index contributed by atoms with van der Waals surface area (Å²) >= 11 is 3.69. The third-order valence-electron chi connectivity index (χ3n) is 11.4. The highest BCUT2D eigenvalue weighted by molar-refractivity contribution is 7.99. The monoisotopic (exact) mass is 832 g/mol. The van der Waals surface area contributed by atoms with Crippen molar-refractivity contribution in [2.24, 2.45) is 0 Å². The number of phenols is 1. The summed E-state index contributed by atoms with van der Waals surface area (Å²) in [4.78, 5) is 41.7. The van der Waals surface area contributed by atoms with E-state index in [9.17, 15) is 19.8 Å². The van der Waals surface area contributed by atoms with Crippen molar-refractivity contribution < 1.29 is 19.4 Å². The average molecular weight is 833 g/mol. The van der Waals surface area contributed by atoms with Gasteiger partial charge in [-0.15, -0.1) is 0 Å². The zero-order chi connectivity index (χ0) is 42.4. The van der Waals surface area contributed by atoms with Crippen LogP contribution in [0.4, 0.5) is 0 Å². The second kappa shape index (κ2) is 19.6. The molecule has 1 aliphatic heterocycles. The van der Waals surface area contributed by atoms with Crippen LogP contribution in [0.25, 0.3) is 33.4 Å². The summed E-state index contributed by atoms with van der Waals surface area (Å²) < 4.78 is 7.12. The molecule has 0 saturated carbocycles. The predicted octanol–water partition coefficient (Wildman–Crippen LogP) is 10.1. The van der Waals surface area contributed by atoms with Crippen molar-refractivity contribution in [1.82, 2.24) is 19.8 Å². The minimum Gasteiger partial charge on any atom is -0.507 e. The Morgan fingerprint density at radius 3 is 1.80 bits per heavy atom. The number of aromatic nitrogens is 2. The van der Waals surface area contributed by atoms with Gasteiger partial charge in [-0.05, 0) is 123 Å². The van der Waals surface area contributed by atoms with E-state index in [0.29, 0.717) is 87.4 Å². The number of hydrogen-bond acceptors (Lipinski definition) is 10. The molecule has 2 aliphatic rings. The number of aromatic carboxylic acids is 1. The van der Waals surface area contributed by atoms with Crippen molar-refractivity contribution in [3.63, 3.8) is 0 Å². The number of aryl methyl sites for hydroxylation is 2. The highest BCUT2D eigenvalue weighted by atomic mass is 32.2. The van der Waals surface area contributed by atoms with Gasteiger partial charge in [0.1, 0.15) is 17.1 Å². The molecule has 2 N–H and O–H groups in total. The van der Waals surface area contributed by atoms with Gasteiger partial charge in [0.05, 0.1) is 28.1 Å². The van der Waals surface area contributed by atoms with Crippen LogP contribution in [-0.4, -0.2) is 72.1 Å². The number of thioether (sulfide) groups is 2. The Hall–Kier alpha value is -4.68. The van der Waals surface area contributed by atoms with Crippen LogP contribution in [0.5, 0.6) is 5.75 Å². The SMILES string of the molecule is CCSCCN(Cc1ccccn1)Cc1c2oc3c(CN(CCSCC)Cc4ccccn4)c(O)c(C)cc3c(-c3c(C)c(C)c(C)c(C)c3C(=O)O)c-2cc(C)c1=O. The van der Waals surface area contributed by atoms with E-state index in [1.165, 1.54) is 0 Å². The van der Waals surface area contributed by atoms with Crippen LogP contribution in [0.15, 0.2) is 70.1 Å². The van der Waals surface area contributed by atoms with E-state index in [-0.39, 0.29) is 23.3 Å². The number of carboxylic acids is 1. The lowest BCUT2D eigenvalue weighted by atomic mass is 9.81. The van der Waals surface area contributed by atoms with Gasteiger partial charge in [-0.25, -0.2) is 4.79 Å². The first-order chi connectivity index (χ1) is 28.4. The Morgan fingerprint density at radius 1 is 0.712 bits per heavy atom. The lowest BCUT2D eigenvalue weighted by molar-refractivity contribution is 0.0696. The van der Waals surface area contributed by atoms with E-state index in [2.05, 4.69) is 33.6 Å². The maximum atomic E-state index is 14.5. The van der Waals surface area contributed by atoms with Crippen LogP contribution in [0.3, 0.4) is 0 Å². The normalized spacial score (nSPS) is 11.8. The molecule has 59 heavy (non-hydrogen) atoms. The number of phenolic OH excluding ortho intramolecular Hbond substituents is 1. The molecule has 0 saturated heterocycles. The molecule has 310 valence electrons. The molecule has 4 aromatic rings. The summed E-state index contributed by atoms with van der Waals surface area (Å²) in [5.74, 6) is 3.19. The molecule has 3 heterocycles. The van der Waals surface area contributed by atoms with E-state index in [1.54, 1.807) is 12.4 Å². The second-order valence-electron chi connectivity index (χ2n) is 15.3. The predicted molar refractivity (Wildman–Crippen MR) is 244 cm³/mol. The molecule has 0 amide bonds. The third kappa shape index (κ3) is 9.54. The number of fused-ring (bicyclic) bond motifs is 2. The zero-order valence-electron chi connectivity index (χ0n) is 35.6. The quantitative estimate of drug-likeness (QED) is 0.0636. The number of pyridine rings is 2. The summed E-state index contributed by atoms with van der Waals surface area (Å²) in [6.45, 7) is 19.0. The van der Waals surface area contributed by atoms with E-state index < -0.39 is 5.97 Å². The molecule has 2 aromatic heterocycles. The first kappa shape index (κ1) is 43.9. The van der Waals surface area contributed by atoms with Gasteiger partial charge in [-0.1, -0.05) is 26.0 Å². The number of carboxylic acid groups (broad SMARTS) is 1. The van der Waals surface area contributed by atoms with Crippen LogP contribution < -0.4 is 5.43 Å². The van der Waals surface area contributed by atoms with Gasteiger partial charge in [-0.3, -0.25) is 24.6 Å². The van der Waals surface area contributed by atoms with E-state index in [0.717, 1.165) is 57.6 Å². The molecule has 2 aromatic carbocycles. The first-order valence-corrected chi connectivity index (χ1v) is 22.6. The van der Waals surface area contributed by atoms with Gasteiger partial charge in [0.2, 0.25) is 0 Å². The Labute approximate surface area is 356 Å². The van der Waals surface area contributed by atoms with Crippen molar-refractivity contribution in [2.75, 3.05) is 36.1 Å². The van der Waals surface area contributed by atoms with Gasteiger partial charge in [0, 0.05) is 85.2 Å². The molecule has 11 heteroatoms. The molecule has 0 unspecified atom stereocenters. The maximum absolute atomic E-state index is 14.5. The lowest BCUT2D eigenvalue weighted by Gasteiger charge is -2.28. The number of rotatable bonds is 18. The summed E-state index contributed by atoms with van der Waals surface area (Å²) in [5, 5.41) is 23.7. The molecule has 1 aliphatic carbocycles. The summed E-state index contributed by atoms with van der Waals surface area (Å²) in [5.41, 5.74) is 10.0. The van der Waals surface area contributed by atoms with Crippen molar-refractivity contribution in [3.05, 3.63) is 133 Å². The van der Waals surface area contributed by atoms with Crippen LogP contribution >= 0.6 is 23.5 Å². The Balaban J connectivity index is 1.69. The van der Waals surface area contributed by atoms with E-state index in [1.807, 2.05) is 114 Å². The molecule has 9 nitrogen and oxygen atoms in total. The summed E-state index contributed by atoms with van der Waals surface area (Å²) in [7, 11) is 0. The van der Waals surface area contributed by atoms with Gasteiger partial charge in [-0.2, -0.15) is 23.5 Å². The highest BCUT2D eigenvalue weighted by Gasteiger charge is 2.32. The lowest BCUT2D eigenvalue weighted by Crippen LogP contribution is -2.30. The number of benzene rings is 3. The summed E-state index contributed by atoms with van der Waals surface area (Å²) in [6.07, 6.45) is 3.57. The minimum atomic E-state index is -1.02. The Bertz CT molecular complexity index is 2470. The van der Waals surface area contributed by atoms with Gasteiger partial charge in [0.25, 0.3) is 0 Å². The number of aromatic hydroxyl groups is 1. The maximum Gasteiger partial charge on any atom is 0.336 e. The fourth-order valence-corrected chi connectivity index (χ4v) is 9.36. The molecule has 0 radical (unpaired) electrons. The van der Waals surface area contributed by atoms with Gasteiger partial charge in [0.15, 0.2) is 5.43 Å². The molecular formula is C48H56N4O5S2. The summed E-state index contributed by atoms with van der Waals surface area (Å²) in [6, 6.07) is 15.5. The van der Waals surface area contributed by atoms with Crippen molar-refractivity contribution in [1.29, 1.82) is 0 Å². The van der Waals surface area contributed by atoms with Crippen LogP contribution in [0, 0.1) is 41.5 Å². The zero-order valence-corrected chi connectivity index (χ0v) is 37.2. The Kier molecular flexibility index (Phi) is 14.6.